The molecule has 0 aliphatic rings. The number of ether oxygens (including phenoxy) is 2. The van der Waals surface area contributed by atoms with Crippen molar-refractivity contribution >= 4 is 34.0 Å². The lowest BCUT2D eigenvalue weighted by Gasteiger charge is -2.07. The number of para-hydroxylation sites is 1. The molecule has 3 aromatic heterocycles. The van der Waals surface area contributed by atoms with Crippen molar-refractivity contribution in [3.05, 3.63) is 104 Å². The molecule has 0 fully saturated rings. The minimum atomic E-state index is -0.237. The molecule has 0 atom stereocenters. The molecule has 0 saturated carbocycles. The predicted molar refractivity (Wildman–Crippen MR) is 176 cm³/mol. The number of nitrogens with zero attached hydrogens (tertiary/aromatic N) is 5. The van der Waals surface area contributed by atoms with Crippen LogP contribution >= 0.6 is 22.9 Å². The number of hydrogen-bond acceptors (Lipinski definition) is 7. The summed E-state index contributed by atoms with van der Waals surface area (Å²) in [7, 11) is 0. The van der Waals surface area contributed by atoms with Crippen molar-refractivity contribution < 1.29 is 9.47 Å². The average Bonchev–Trinajstić information content (AvgIpc) is 3.74. The van der Waals surface area contributed by atoms with E-state index in [4.69, 9.17) is 26.2 Å². The van der Waals surface area contributed by atoms with Gasteiger partial charge in [0.05, 0.1) is 28.5 Å². The molecule has 8 nitrogen and oxygen atoms in total. The van der Waals surface area contributed by atoms with E-state index in [2.05, 4.69) is 17.0 Å². The van der Waals surface area contributed by atoms with Crippen LogP contribution in [0, 0.1) is 0 Å². The number of thiazole rings is 1. The van der Waals surface area contributed by atoms with Crippen molar-refractivity contribution in [2.75, 3.05) is 13.2 Å². The lowest BCUT2D eigenvalue weighted by Crippen LogP contribution is -2.23. The Kier molecular flexibility index (Phi) is 9.04. The summed E-state index contributed by atoms with van der Waals surface area (Å²) in [6.07, 6.45) is 8.39. The maximum Gasteiger partial charge on any atom is 0.291 e. The molecule has 224 valence electrons. The highest BCUT2D eigenvalue weighted by Gasteiger charge is 2.16. The van der Waals surface area contributed by atoms with E-state index in [1.165, 1.54) is 35.1 Å². The van der Waals surface area contributed by atoms with Gasteiger partial charge in [-0.05, 0) is 74.0 Å². The van der Waals surface area contributed by atoms with Crippen molar-refractivity contribution in [3.8, 4) is 39.8 Å². The van der Waals surface area contributed by atoms with E-state index >= 15 is 0 Å². The average molecular weight is 626 g/mol. The van der Waals surface area contributed by atoms with Gasteiger partial charge in [-0.25, -0.2) is 4.68 Å². The van der Waals surface area contributed by atoms with Gasteiger partial charge in [-0.3, -0.25) is 4.79 Å². The van der Waals surface area contributed by atoms with Gasteiger partial charge in [0.25, 0.3) is 5.56 Å². The second-order valence-electron chi connectivity index (χ2n) is 10.3. The van der Waals surface area contributed by atoms with Crippen LogP contribution in [0.3, 0.4) is 0 Å². The predicted octanol–water partition coefficient (Wildman–Crippen LogP) is 7.23. The number of halogens is 1. The Balaban J connectivity index is 1.31. The van der Waals surface area contributed by atoms with Gasteiger partial charge in [-0.1, -0.05) is 67.3 Å². The second-order valence-corrected chi connectivity index (χ2v) is 11.7. The van der Waals surface area contributed by atoms with Crippen molar-refractivity contribution in [1.29, 1.82) is 0 Å². The van der Waals surface area contributed by atoms with E-state index < -0.39 is 0 Å². The summed E-state index contributed by atoms with van der Waals surface area (Å²) in [6.45, 7) is 5.33. The minimum Gasteiger partial charge on any atom is -0.494 e. The Morgan fingerprint density at radius 2 is 1.70 bits per heavy atom. The SMILES string of the molecule is CCCCCCOc1ccc(-c2nc3sc(=Cc4cn(-c5ccccc5)nc4-c4ccc(OCC)c(Cl)c4)c(=O)n3n2)cc1. The third-order valence-corrected chi connectivity index (χ3v) is 8.37. The van der Waals surface area contributed by atoms with Crippen LogP contribution in [0.15, 0.2) is 83.8 Å². The Bertz CT molecular complexity index is 1980. The standard InChI is InChI=1S/C34H32ClN5O3S/c1-3-5-6-10-19-43-27-16-13-23(14-17-27)32-36-34-40(38-32)33(41)30(44-34)21-25-22-39(26-11-8-7-9-12-26)37-31(25)24-15-18-29(42-4-2)28(35)20-24/h7-9,11-18,20-22H,3-6,10,19H2,1-2H3. The van der Waals surface area contributed by atoms with Gasteiger partial charge in [0.15, 0.2) is 5.82 Å². The molecule has 0 aliphatic carbocycles. The Hall–Kier alpha value is -4.47. The minimum absolute atomic E-state index is 0.237. The van der Waals surface area contributed by atoms with Crippen molar-refractivity contribution in [2.45, 2.75) is 39.5 Å². The van der Waals surface area contributed by atoms with Crippen LogP contribution in [-0.2, 0) is 0 Å². The zero-order valence-electron chi connectivity index (χ0n) is 24.6. The van der Waals surface area contributed by atoms with E-state index in [-0.39, 0.29) is 5.56 Å². The molecule has 0 unspecified atom stereocenters. The van der Waals surface area contributed by atoms with Gasteiger partial charge < -0.3 is 9.47 Å². The molecule has 0 bridgehead atoms. The normalized spacial score (nSPS) is 11.8. The second kappa shape index (κ2) is 13.4. The summed E-state index contributed by atoms with van der Waals surface area (Å²) in [5.74, 6) is 1.92. The molecule has 0 saturated heterocycles. The molecular formula is C34H32ClN5O3S. The molecule has 44 heavy (non-hydrogen) atoms. The maximum atomic E-state index is 13.5. The van der Waals surface area contributed by atoms with Gasteiger partial charge >= 0.3 is 0 Å². The highest BCUT2D eigenvalue weighted by atomic mass is 35.5. The lowest BCUT2D eigenvalue weighted by atomic mass is 10.1. The third kappa shape index (κ3) is 6.39. The fraction of sp³-hybridized carbons (Fsp3) is 0.235. The molecule has 6 rings (SSSR count). The van der Waals surface area contributed by atoms with Crippen LogP contribution in [0.5, 0.6) is 11.5 Å². The highest BCUT2D eigenvalue weighted by molar-refractivity contribution is 7.15. The van der Waals surface area contributed by atoms with Gasteiger partial charge in [0.1, 0.15) is 17.2 Å². The van der Waals surface area contributed by atoms with Gasteiger partial charge in [0, 0.05) is 22.9 Å². The summed E-state index contributed by atoms with van der Waals surface area (Å²) >= 11 is 7.82. The number of unbranched alkanes of at least 4 members (excludes halogenated alkanes) is 3. The topological polar surface area (TPSA) is 83.5 Å². The van der Waals surface area contributed by atoms with Crippen LogP contribution < -0.4 is 19.6 Å². The van der Waals surface area contributed by atoms with Crippen LogP contribution in [0.2, 0.25) is 5.02 Å². The molecule has 6 aromatic rings. The first-order valence-electron chi connectivity index (χ1n) is 14.8. The van der Waals surface area contributed by atoms with Gasteiger partial charge in [0.2, 0.25) is 4.96 Å². The van der Waals surface area contributed by atoms with E-state index in [1.54, 1.807) is 4.68 Å². The molecule has 0 N–H and O–H groups in total. The fourth-order valence-electron chi connectivity index (χ4n) is 4.87. The number of rotatable bonds is 12. The van der Waals surface area contributed by atoms with Crippen molar-refractivity contribution in [3.63, 3.8) is 0 Å². The quantitative estimate of drug-likeness (QED) is 0.133. The lowest BCUT2D eigenvalue weighted by molar-refractivity contribution is 0.305. The van der Waals surface area contributed by atoms with E-state index in [0.717, 1.165) is 34.5 Å². The van der Waals surface area contributed by atoms with Crippen molar-refractivity contribution in [1.82, 2.24) is 24.4 Å². The first kappa shape index (κ1) is 29.6. The highest BCUT2D eigenvalue weighted by Crippen LogP contribution is 2.32. The summed E-state index contributed by atoms with van der Waals surface area (Å²) in [5, 5.41) is 9.89. The van der Waals surface area contributed by atoms with Gasteiger partial charge in [-0.15, -0.1) is 5.10 Å². The molecule has 0 amide bonds. The van der Waals surface area contributed by atoms with E-state index in [1.807, 2.05) is 92.0 Å². The molecule has 0 radical (unpaired) electrons. The number of aromatic nitrogens is 5. The van der Waals surface area contributed by atoms with Crippen molar-refractivity contribution in [2.24, 2.45) is 0 Å². The number of hydrogen-bond donors (Lipinski definition) is 0. The largest absolute Gasteiger partial charge is 0.494 e. The van der Waals surface area contributed by atoms with Gasteiger partial charge in [-0.2, -0.15) is 14.6 Å². The van der Waals surface area contributed by atoms with Crippen LogP contribution in [0.4, 0.5) is 0 Å². The monoisotopic (exact) mass is 625 g/mol. The van der Waals surface area contributed by atoms with Crippen LogP contribution in [0.25, 0.3) is 39.4 Å². The Morgan fingerprint density at radius 1 is 0.909 bits per heavy atom. The van der Waals surface area contributed by atoms with Crippen LogP contribution in [0.1, 0.15) is 45.1 Å². The molecule has 3 aromatic carbocycles. The van der Waals surface area contributed by atoms with E-state index in [9.17, 15) is 4.79 Å². The van der Waals surface area contributed by atoms with E-state index in [0.29, 0.717) is 45.0 Å². The first-order valence-corrected chi connectivity index (χ1v) is 16.0. The molecule has 10 heteroatoms. The summed E-state index contributed by atoms with van der Waals surface area (Å²) < 4.78 is 15.1. The Morgan fingerprint density at radius 3 is 2.43 bits per heavy atom. The molecular weight excluding hydrogens is 594 g/mol. The van der Waals surface area contributed by atoms with Crippen LogP contribution in [-0.4, -0.2) is 37.6 Å². The number of benzene rings is 3. The smallest absolute Gasteiger partial charge is 0.291 e. The molecule has 0 spiro atoms. The fourth-order valence-corrected chi connectivity index (χ4v) is 6.00. The zero-order valence-corrected chi connectivity index (χ0v) is 26.1. The first-order chi connectivity index (χ1) is 21.5. The number of fused-ring (bicyclic) bond motifs is 1. The Labute approximate surface area is 264 Å². The zero-order chi connectivity index (χ0) is 30.5. The summed E-state index contributed by atoms with van der Waals surface area (Å²) in [6, 6.07) is 23.1. The maximum absolute atomic E-state index is 13.5. The third-order valence-electron chi connectivity index (χ3n) is 7.12. The molecule has 3 heterocycles. The summed E-state index contributed by atoms with van der Waals surface area (Å²) in [5.41, 5.74) is 3.74. The molecule has 0 aliphatic heterocycles. The summed E-state index contributed by atoms with van der Waals surface area (Å²) in [4.78, 5) is 18.7.